The van der Waals surface area contributed by atoms with Crippen LogP contribution in [0.2, 0.25) is 0 Å². The van der Waals surface area contributed by atoms with E-state index in [0.29, 0.717) is 11.5 Å². The minimum absolute atomic E-state index is 0.0172. The van der Waals surface area contributed by atoms with Gasteiger partial charge in [-0.1, -0.05) is 6.07 Å². The van der Waals surface area contributed by atoms with Gasteiger partial charge in [0.15, 0.2) is 0 Å². The maximum Gasteiger partial charge on any atom is 0.262 e. The van der Waals surface area contributed by atoms with E-state index >= 15 is 0 Å². The first-order valence-corrected chi connectivity index (χ1v) is 7.19. The molecule has 22 heavy (non-hydrogen) atoms. The molecule has 112 valence electrons. The highest BCUT2D eigenvalue weighted by atomic mass is 79.9. The highest BCUT2D eigenvalue weighted by molar-refractivity contribution is 9.10. The molecule has 0 fully saturated rings. The average Bonchev–Trinajstić information content (AvgIpc) is 3.04. The number of rotatable bonds is 5. The number of carbonyl (C=O) groups is 1. The SMILES string of the molecule is COc1ccc(C=C(C#N)C(=O)NCc2ccco2)cc1Br. The first-order valence-electron chi connectivity index (χ1n) is 6.40. The monoisotopic (exact) mass is 360 g/mol. The Bertz CT molecular complexity index is 730. The van der Waals surface area contributed by atoms with Gasteiger partial charge in [-0.2, -0.15) is 5.26 Å². The number of furan rings is 1. The van der Waals surface area contributed by atoms with Crippen molar-refractivity contribution in [2.75, 3.05) is 7.11 Å². The second-order valence-corrected chi connectivity index (χ2v) is 5.18. The van der Waals surface area contributed by atoms with Crippen LogP contribution in [0.5, 0.6) is 5.75 Å². The van der Waals surface area contributed by atoms with Crippen LogP contribution >= 0.6 is 15.9 Å². The molecule has 0 saturated heterocycles. The first-order chi connectivity index (χ1) is 10.6. The van der Waals surface area contributed by atoms with Crippen LogP contribution in [0.1, 0.15) is 11.3 Å². The number of carbonyl (C=O) groups excluding carboxylic acids is 1. The predicted octanol–water partition coefficient (Wildman–Crippen LogP) is 3.27. The minimum Gasteiger partial charge on any atom is -0.496 e. The smallest absolute Gasteiger partial charge is 0.262 e. The van der Waals surface area contributed by atoms with Gasteiger partial charge in [0.2, 0.25) is 0 Å². The lowest BCUT2D eigenvalue weighted by Crippen LogP contribution is -2.23. The maximum atomic E-state index is 12.0. The molecule has 1 heterocycles. The Morgan fingerprint density at radius 2 is 2.32 bits per heavy atom. The summed E-state index contributed by atoms with van der Waals surface area (Å²) in [5.41, 5.74) is 0.737. The molecule has 0 bridgehead atoms. The van der Waals surface area contributed by atoms with Crippen molar-refractivity contribution in [1.29, 1.82) is 5.26 Å². The number of halogens is 1. The molecule has 2 rings (SSSR count). The highest BCUT2D eigenvalue weighted by Gasteiger charge is 2.10. The van der Waals surface area contributed by atoms with Crippen LogP contribution in [-0.2, 0) is 11.3 Å². The zero-order chi connectivity index (χ0) is 15.9. The second kappa shape index (κ2) is 7.48. The van der Waals surface area contributed by atoms with Crippen LogP contribution in [-0.4, -0.2) is 13.0 Å². The van der Waals surface area contributed by atoms with Crippen molar-refractivity contribution < 1.29 is 13.9 Å². The first kappa shape index (κ1) is 15.9. The third-order valence-electron chi connectivity index (χ3n) is 2.86. The predicted molar refractivity (Wildman–Crippen MR) is 84.8 cm³/mol. The van der Waals surface area contributed by atoms with E-state index in [4.69, 9.17) is 14.4 Å². The van der Waals surface area contributed by atoms with Crippen LogP contribution in [0.25, 0.3) is 6.08 Å². The summed E-state index contributed by atoms with van der Waals surface area (Å²) in [6.45, 7) is 0.233. The molecule has 0 aliphatic heterocycles. The van der Waals surface area contributed by atoms with E-state index in [0.717, 1.165) is 10.0 Å². The fraction of sp³-hybridized carbons (Fsp3) is 0.125. The van der Waals surface area contributed by atoms with Crippen LogP contribution in [0.15, 0.2) is 51.1 Å². The molecule has 1 N–H and O–H groups in total. The average molecular weight is 361 g/mol. The van der Waals surface area contributed by atoms with E-state index in [1.807, 2.05) is 6.07 Å². The van der Waals surface area contributed by atoms with Crippen molar-refractivity contribution >= 4 is 27.9 Å². The Kier molecular flexibility index (Phi) is 5.39. The molecule has 0 radical (unpaired) electrons. The Balaban J connectivity index is 2.11. The molecule has 0 aliphatic rings. The van der Waals surface area contributed by atoms with Crippen LogP contribution in [0, 0.1) is 11.3 Å². The van der Waals surface area contributed by atoms with Gasteiger partial charge in [-0.05, 0) is 51.8 Å². The quantitative estimate of drug-likeness (QED) is 0.655. The van der Waals surface area contributed by atoms with Crippen molar-refractivity contribution in [2.24, 2.45) is 0 Å². The number of benzene rings is 1. The molecule has 0 saturated carbocycles. The number of amides is 1. The zero-order valence-corrected chi connectivity index (χ0v) is 13.4. The van der Waals surface area contributed by atoms with Crippen LogP contribution in [0.4, 0.5) is 0 Å². The Morgan fingerprint density at radius 1 is 1.50 bits per heavy atom. The van der Waals surface area contributed by atoms with Gasteiger partial charge in [0, 0.05) is 0 Å². The molecular weight excluding hydrogens is 348 g/mol. The molecule has 5 nitrogen and oxygen atoms in total. The Morgan fingerprint density at radius 3 is 2.91 bits per heavy atom. The van der Waals surface area contributed by atoms with Crippen molar-refractivity contribution in [3.05, 3.63) is 58.0 Å². The molecule has 0 unspecified atom stereocenters. The van der Waals surface area contributed by atoms with E-state index in [2.05, 4.69) is 21.2 Å². The number of nitrogens with zero attached hydrogens (tertiary/aromatic N) is 1. The van der Waals surface area contributed by atoms with Crippen molar-refractivity contribution in [3.8, 4) is 11.8 Å². The third-order valence-corrected chi connectivity index (χ3v) is 3.47. The fourth-order valence-electron chi connectivity index (χ4n) is 1.76. The summed E-state index contributed by atoms with van der Waals surface area (Å²) in [5.74, 6) is 0.849. The summed E-state index contributed by atoms with van der Waals surface area (Å²) in [5, 5.41) is 11.8. The van der Waals surface area contributed by atoms with Gasteiger partial charge in [0.25, 0.3) is 5.91 Å². The lowest BCUT2D eigenvalue weighted by atomic mass is 10.1. The normalized spacial score (nSPS) is 10.9. The number of methoxy groups -OCH3 is 1. The van der Waals surface area contributed by atoms with Crippen molar-refractivity contribution in [3.63, 3.8) is 0 Å². The molecule has 1 aromatic carbocycles. The van der Waals surface area contributed by atoms with Gasteiger partial charge >= 0.3 is 0 Å². The zero-order valence-electron chi connectivity index (χ0n) is 11.8. The molecule has 1 aromatic heterocycles. The minimum atomic E-state index is -0.453. The summed E-state index contributed by atoms with van der Waals surface area (Å²) in [6, 6.07) is 10.7. The van der Waals surface area contributed by atoms with E-state index in [1.54, 1.807) is 37.4 Å². The highest BCUT2D eigenvalue weighted by Crippen LogP contribution is 2.26. The van der Waals surface area contributed by atoms with Gasteiger partial charge in [-0.3, -0.25) is 4.79 Å². The molecular formula is C16H13BrN2O3. The fourth-order valence-corrected chi connectivity index (χ4v) is 2.32. The van der Waals surface area contributed by atoms with Gasteiger partial charge in [-0.25, -0.2) is 0 Å². The summed E-state index contributed by atoms with van der Waals surface area (Å²) in [4.78, 5) is 12.0. The summed E-state index contributed by atoms with van der Waals surface area (Å²) >= 11 is 3.36. The molecule has 0 atom stereocenters. The second-order valence-electron chi connectivity index (χ2n) is 4.33. The third kappa shape index (κ3) is 3.99. The Hall–Kier alpha value is -2.52. The van der Waals surface area contributed by atoms with E-state index < -0.39 is 5.91 Å². The molecule has 0 aliphatic carbocycles. The van der Waals surface area contributed by atoms with Gasteiger partial charge in [-0.15, -0.1) is 0 Å². The number of ether oxygens (including phenoxy) is 1. The molecule has 0 spiro atoms. The molecule has 1 amide bonds. The lowest BCUT2D eigenvalue weighted by molar-refractivity contribution is -0.117. The van der Waals surface area contributed by atoms with Gasteiger partial charge < -0.3 is 14.5 Å². The van der Waals surface area contributed by atoms with E-state index in [1.165, 1.54) is 12.3 Å². The van der Waals surface area contributed by atoms with E-state index in [9.17, 15) is 4.79 Å². The number of nitrogens with one attached hydrogen (secondary N) is 1. The van der Waals surface area contributed by atoms with Gasteiger partial charge in [0.05, 0.1) is 24.4 Å². The largest absolute Gasteiger partial charge is 0.496 e. The maximum absolute atomic E-state index is 12.0. The topological polar surface area (TPSA) is 75.3 Å². The lowest BCUT2D eigenvalue weighted by Gasteiger charge is -2.05. The van der Waals surface area contributed by atoms with Crippen LogP contribution in [0.3, 0.4) is 0 Å². The number of hydrogen-bond donors (Lipinski definition) is 1. The summed E-state index contributed by atoms with van der Waals surface area (Å²) in [7, 11) is 1.57. The molecule has 6 heteroatoms. The Labute approximate surface area is 136 Å². The van der Waals surface area contributed by atoms with Crippen molar-refractivity contribution in [2.45, 2.75) is 6.54 Å². The van der Waals surface area contributed by atoms with Crippen LogP contribution < -0.4 is 10.1 Å². The number of nitriles is 1. The summed E-state index contributed by atoms with van der Waals surface area (Å²) < 4.78 is 11.0. The standard InChI is InChI=1S/C16H13BrN2O3/c1-21-15-5-4-11(8-14(15)17)7-12(9-18)16(20)19-10-13-3-2-6-22-13/h2-8H,10H2,1H3,(H,19,20). The van der Waals surface area contributed by atoms with E-state index in [-0.39, 0.29) is 12.1 Å². The summed E-state index contributed by atoms with van der Waals surface area (Å²) in [6.07, 6.45) is 3.04. The molecule has 2 aromatic rings. The van der Waals surface area contributed by atoms with Gasteiger partial charge in [0.1, 0.15) is 23.2 Å². The van der Waals surface area contributed by atoms with Crippen molar-refractivity contribution in [1.82, 2.24) is 5.32 Å². The number of hydrogen-bond acceptors (Lipinski definition) is 4.